The Morgan fingerprint density at radius 3 is 2.51 bits per heavy atom. The number of hydrogen-bond donors (Lipinski definition) is 1. The molecule has 3 aliphatic rings. The van der Waals surface area contributed by atoms with Crippen LogP contribution < -0.4 is 9.47 Å². The number of ether oxygens (including phenoxy) is 6. The molecule has 0 spiro atoms. The quantitative estimate of drug-likeness (QED) is 0.352. The third-order valence-electron chi connectivity index (χ3n) is 7.45. The number of aliphatic hydroxyl groups excluding tert-OH is 1. The van der Waals surface area contributed by atoms with Crippen molar-refractivity contribution in [1.82, 2.24) is 9.80 Å². The molecular weight excluding hydrogens is 504 g/mol. The van der Waals surface area contributed by atoms with Gasteiger partial charge in [-0.15, -0.1) is 0 Å². The summed E-state index contributed by atoms with van der Waals surface area (Å²) in [6.45, 7) is 12.5. The van der Waals surface area contributed by atoms with Crippen molar-refractivity contribution >= 4 is 5.91 Å². The summed E-state index contributed by atoms with van der Waals surface area (Å²) in [5.41, 5.74) is 1.17. The van der Waals surface area contributed by atoms with E-state index in [0.29, 0.717) is 57.8 Å². The van der Waals surface area contributed by atoms with Crippen molar-refractivity contribution in [2.24, 2.45) is 17.8 Å². The maximum absolute atomic E-state index is 13.5. The third kappa shape index (κ3) is 8.08. The minimum absolute atomic E-state index is 0.00968. The zero-order valence-corrected chi connectivity index (χ0v) is 23.5. The van der Waals surface area contributed by atoms with Crippen LogP contribution in [0.2, 0.25) is 0 Å². The Bertz CT molecular complexity index is 947. The van der Waals surface area contributed by atoms with Gasteiger partial charge in [-0.25, -0.2) is 0 Å². The Morgan fingerprint density at radius 1 is 1.05 bits per heavy atom. The molecule has 39 heavy (non-hydrogen) atoms. The molecule has 1 saturated heterocycles. The summed E-state index contributed by atoms with van der Waals surface area (Å²) in [6.07, 6.45) is 2.27. The highest BCUT2D eigenvalue weighted by Crippen LogP contribution is 2.37. The van der Waals surface area contributed by atoms with Gasteiger partial charge in [-0.05, 0) is 49.0 Å². The molecule has 1 amide bonds. The molecule has 3 atom stereocenters. The number of amides is 1. The van der Waals surface area contributed by atoms with Crippen LogP contribution in [0.5, 0.6) is 11.5 Å². The van der Waals surface area contributed by atoms with E-state index in [1.807, 2.05) is 30.0 Å². The van der Waals surface area contributed by atoms with Gasteiger partial charge in [0.15, 0.2) is 17.3 Å². The van der Waals surface area contributed by atoms with Crippen molar-refractivity contribution < 1.29 is 38.3 Å². The van der Waals surface area contributed by atoms with Gasteiger partial charge in [0.2, 0.25) is 13.1 Å². The van der Waals surface area contributed by atoms with Crippen molar-refractivity contribution in [1.29, 1.82) is 0 Å². The van der Waals surface area contributed by atoms with Gasteiger partial charge in [-0.3, -0.25) is 9.69 Å². The van der Waals surface area contributed by atoms with E-state index < -0.39 is 6.29 Å². The molecule has 3 heterocycles. The summed E-state index contributed by atoms with van der Waals surface area (Å²) in [7, 11) is 0. The molecule has 4 rings (SSSR count). The molecule has 0 radical (unpaired) electrons. The molecule has 10 nitrogen and oxygen atoms in total. The Hall–Kier alpha value is -2.37. The average Bonchev–Trinajstić information content (AvgIpc) is 3.41. The number of piperazine rings is 1. The van der Waals surface area contributed by atoms with E-state index in [1.54, 1.807) is 0 Å². The lowest BCUT2D eigenvalue weighted by atomic mass is 9.79. The number of carbonyl (C=O) groups excluding carboxylic acids is 1. The Kier molecular flexibility index (Phi) is 11.3. The maximum atomic E-state index is 13.5. The number of aliphatic hydroxyl groups is 1. The van der Waals surface area contributed by atoms with Crippen LogP contribution in [0.15, 0.2) is 30.0 Å². The van der Waals surface area contributed by atoms with E-state index in [4.69, 9.17) is 33.5 Å². The number of benzene rings is 1. The minimum Gasteiger partial charge on any atom is -0.459 e. The SMILES string of the molecule is CCO[C@H]1OC(C(=O)N2CCN(Cc3ccc4c(c3)OCO4)CC2)=C[C@@H](C(C)C)[C@@H]1CCOCCOCCO. The van der Waals surface area contributed by atoms with E-state index in [-0.39, 0.29) is 31.1 Å². The highest BCUT2D eigenvalue weighted by atomic mass is 16.7. The highest BCUT2D eigenvalue weighted by Gasteiger charge is 2.39. The first kappa shape index (κ1) is 29.6. The number of allylic oxidation sites excluding steroid dienone is 1. The summed E-state index contributed by atoms with van der Waals surface area (Å²) in [5.74, 6) is 2.45. The predicted molar refractivity (Wildman–Crippen MR) is 144 cm³/mol. The summed E-state index contributed by atoms with van der Waals surface area (Å²) in [4.78, 5) is 17.8. The lowest BCUT2D eigenvalue weighted by Gasteiger charge is -2.40. The molecule has 0 saturated carbocycles. The second kappa shape index (κ2) is 14.9. The minimum atomic E-state index is -0.493. The second-order valence-electron chi connectivity index (χ2n) is 10.5. The van der Waals surface area contributed by atoms with Gasteiger partial charge < -0.3 is 38.4 Å². The van der Waals surface area contributed by atoms with Crippen LogP contribution in [0, 0.1) is 17.8 Å². The molecule has 0 unspecified atom stereocenters. The van der Waals surface area contributed by atoms with Gasteiger partial charge in [0.25, 0.3) is 5.91 Å². The summed E-state index contributed by atoms with van der Waals surface area (Å²) in [5, 5.41) is 8.80. The van der Waals surface area contributed by atoms with Crippen LogP contribution in [0.1, 0.15) is 32.8 Å². The fourth-order valence-corrected chi connectivity index (χ4v) is 5.36. The van der Waals surface area contributed by atoms with E-state index in [9.17, 15) is 4.79 Å². The molecule has 0 bridgehead atoms. The van der Waals surface area contributed by atoms with E-state index in [1.165, 1.54) is 5.56 Å². The Morgan fingerprint density at radius 2 is 1.79 bits per heavy atom. The van der Waals surface area contributed by atoms with Crippen LogP contribution in [0.25, 0.3) is 0 Å². The first-order chi connectivity index (χ1) is 19.0. The Balaban J connectivity index is 1.31. The number of carbonyl (C=O) groups is 1. The first-order valence-electron chi connectivity index (χ1n) is 14.2. The standard InChI is InChI=1S/C29H44N2O8/c1-4-36-29-23(7-13-34-15-16-35-14-12-32)24(21(2)3)18-27(39-29)28(33)31-10-8-30(9-11-31)19-22-5-6-25-26(17-22)38-20-37-25/h5-6,17-18,21,23-24,29,32H,4,7-16,19-20H2,1-3H3/t23-,24-,29-/m0/s1. The molecule has 10 heteroatoms. The second-order valence-corrected chi connectivity index (χ2v) is 10.5. The van der Waals surface area contributed by atoms with Crippen molar-refractivity contribution in [3.63, 3.8) is 0 Å². The van der Waals surface area contributed by atoms with Crippen molar-refractivity contribution in [2.75, 3.05) is 72.6 Å². The topological polar surface area (TPSA) is 99.2 Å². The van der Waals surface area contributed by atoms with Crippen molar-refractivity contribution in [3.05, 3.63) is 35.6 Å². The van der Waals surface area contributed by atoms with Crippen molar-refractivity contribution in [2.45, 2.75) is 40.0 Å². The van der Waals surface area contributed by atoms with E-state index >= 15 is 0 Å². The molecule has 0 aromatic heterocycles. The number of fused-ring (bicyclic) bond motifs is 1. The van der Waals surface area contributed by atoms with Gasteiger partial charge in [0.1, 0.15) is 0 Å². The molecule has 3 aliphatic heterocycles. The van der Waals surface area contributed by atoms with Crippen LogP contribution in [0.3, 0.4) is 0 Å². The average molecular weight is 549 g/mol. The van der Waals surface area contributed by atoms with Gasteiger partial charge in [0.05, 0.1) is 26.4 Å². The fraction of sp³-hybridized carbons (Fsp3) is 0.690. The van der Waals surface area contributed by atoms with Gasteiger partial charge in [-0.1, -0.05) is 19.9 Å². The summed E-state index contributed by atoms with van der Waals surface area (Å²) in [6, 6.07) is 6.06. The lowest BCUT2D eigenvalue weighted by Crippen LogP contribution is -2.50. The van der Waals surface area contributed by atoms with Crippen LogP contribution in [0.4, 0.5) is 0 Å². The molecule has 0 aliphatic carbocycles. The number of nitrogens with zero attached hydrogens (tertiary/aromatic N) is 2. The zero-order valence-electron chi connectivity index (χ0n) is 23.5. The normalized spacial score (nSPS) is 23.2. The fourth-order valence-electron chi connectivity index (χ4n) is 5.36. The van der Waals surface area contributed by atoms with Gasteiger partial charge in [0, 0.05) is 51.9 Å². The third-order valence-corrected chi connectivity index (χ3v) is 7.45. The number of rotatable bonds is 14. The molecular formula is C29H44N2O8. The molecule has 1 N–H and O–H groups in total. The van der Waals surface area contributed by atoms with Crippen LogP contribution in [-0.2, 0) is 30.3 Å². The smallest absolute Gasteiger partial charge is 0.288 e. The van der Waals surface area contributed by atoms with Gasteiger partial charge in [-0.2, -0.15) is 0 Å². The van der Waals surface area contributed by atoms with Crippen molar-refractivity contribution in [3.8, 4) is 11.5 Å². The first-order valence-corrected chi connectivity index (χ1v) is 14.2. The number of hydrogen-bond acceptors (Lipinski definition) is 9. The summed E-state index contributed by atoms with van der Waals surface area (Å²) >= 11 is 0. The lowest BCUT2D eigenvalue weighted by molar-refractivity contribution is -0.180. The molecule has 1 aromatic rings. The van der Waals surface area contributed by atoms with Gasteiger partial charge >= 0.3 is 0 Å². The highest BCUT2D eigenvalue weighted by molar-refractivity contribution is 5.91. The van der Waals surface area contributed by atoms with E-state index in [0.717, 1.165) is 37.6 Å². The molecule has 1 aromatic carbocycles. The molecule has 218 valence electrons. The largest absolute Gasteiger partial charge is 0.459 e. The van der Waals surface area contributed by atoms with Crippen LogP contribution in [-0.4, -0.2) is 99.7 Å². The molecule has 1 fully saturated rings. The summed E-state index contributed by atoms with van der Waals surface area (Å²) < 4.78 is 34.1. The van der Waals surface area contributed by atoms with Crippen LogP contribution >= 0.6 is 0 Å². The van der Waals surface area contributed by atoms with E-state index in [2.05, 4.69) is 24.8 Å². The Labute approximate surface area is 231 Å². The maximum Gasteiger partial charge on any atom is 0.288 e. The predicted octanol–water partition coefficient (Wildman–Crippen LogP) is 2.64. The zero-order chi connectivity index (χ0) is 27.6. The monoisotopic (exact) mass is 548 g/mol.